The summed E-state index contributed by atoms with van der Waals surface area (Å²) in [5.74, 6) is 0.486. The molecule has 0 N–H and O–H groups in total. The van der Waals surface area contributed by atoms with E-state index < -0.39 is 9.84 Å². The first kappa shape index (κ1) is 16.4. The quantitative estimate of drug-likeness (QED) is 0.785. The molecular formula is C15H20N4O2S2. The van der Waals surface area contributed by atoms with Crippen LogP contribution >= 0.6 is 12.2 Å². The zero-order valence-electron chi connectivity index (χ0n) is 13.2. The Balaban J connectivity index is 1.81. The Morgan fingerprint density at radius 2 is 2.13 bits per heavy atom. The normalized spacial score (nSPS) is 20.2. The molecule has 0 spiro atoms. The zero-order valence-corrected chi connectivity index (χ0v) is 14.8. The molecule has 23 heavy (non-hydrogen) atoms. The van der Waals surface area contributed by atoms with E-state index in [1.165, 1.54) is 0 Å². The molecule has 124 valence electrons. The molecule has 1 aliphatic heterocycles. The molecular weight excluding hydrogens is 332 g/mol. The Bertz CT molecular complexity index is 870. The summed E-state index contributed by atoms with van der Waals surface area (Å²) >= 11 is 5.52. The smallest absolute Gasteiger partial charge is 0.203 e. The largest absolute Gasteiger partial charge is 0.283 e. The van der Waals surface area contributed by atoms with Crippen molar-refractivity contribution in [3.05, 3.63) is 40.9 Å². The Labute approximate surface area is 141 Å². The Morgan fingerprint density at radius 3 is 2.78 bits per heavy atom. The van der Waals surface area contributed by atoms with Gasteiger partial charge in [-0.3, -0.25) is 9.47 Å². The van der Waals surface area contributed by atoms with E-state index in [0.717, 1.165) is 11.3 Å². The van der Waals surface area contributed by atoms with E-state index in [4.69, 9.17) is 12.2 Å². The molecule has 1 aromatic carbocycles. The van der Waals surface area contributed by atoms with Crippen molar-refractivity contribution >= 4 is 22.1 Å². The maximum atomic E-state index is 11.6. The third-order valence-corrected chi connectivity index (χ3v) is 6.45. The van der Waals surface area contributed by atoms with Gasteiger partial charge in [0.1, 0.15) is 6.33 Å². The van der Waals surface area contributed by atoms with Crippen LogP contribution in [0.15, 0.2) is 30.6 Å². The van der Waals surface area contributed by atoms with Gasteiger partial charge in [0, 0.05) is 6.04 Å². The summed E-state index contributed by atoms with van der Waals surface area (Å²) < 4.78 is 27.4. The number of para-hydroxylation sites is 1. The molecule has 2 aromatic rings. The van der Waals surface area contributed by atoms with Crippen LogP contribution in [0.1, 0.15) is 12.0 Å². The minimum atomic E-state index is -2.89. The lowest BCUT2D eigenvalue weighted by Crippen LogP contribution is -2.34. The molecule has 0 saturated carbocycles. The van der Waals surface area contributed by atoms with Gasteiger partial charge in [0.15, 0.2) is 9.84 Å². The monoisotopic (exact) mass is 352 g/mol. The molecule has 0 bridgehead atoms. The van der Waals surface area contributed by atoms with Gasteiger partial charge in [-0.25, -0.2) is 13.1 Å². The predicted molar refractivity (Wildman–Crippen MR) is 91.9 cm³/mol. The van der Waals surface area contributed by atoms with Gasteiger partial charge < -0.3 is 0 Å². The van der Waals surface area contributed by atoms with Crippen molar-refractivity contribution in [1.82, 2.24) is 19.2 Å². The number of aryl methyl sites for hydroxylation is 1. The van der Waals surface area contributed by atoms with Crippen molar-refractivity contribution in [3.63, 3.8) is 0 Å². The summed E-state index contributed by atoms with van der Waals surface area (Å²) in [5.41, 5.74) is 2.13. The van der Waals surface area contributed by atoms with Crippen LogP contribution in [-0.2, 0) is 16.5 Å². The molecule has 1 fully saturated rings. The van der Waals surface area contributed by atoms with Gasteiger partial charge in [-0.15, -0.1) is 0 Å². The topological polar surface area (TPSA) is 60.1 Å². The van der Waals surface area contributed by atoms with E-state index in [1.54, 1.807) is 11.0 Å². The minimum Gasteiger partial charge on any atom is -0.283 e. The van der Waals surface area contributed by atoms with E-state index in [2.05, 4.69) is 5.10 Å². The summed E-state index contributed by atoms with van der Waals surface area (Å²) in [7, 11) is -0.972. The third-order valence-electron chi connectivity index (χ3n) is 4.30. The van der Waals surface area contributed by atoms with E-state index in [-0.39, 0.29) is 17.5 Å². The average molecular weight is 352 g/mol. The fraction of sp³-hybridized carbons (Fsp3) is 0.467. The number of benzene rings is 1. The molecule has 2 heterocycles. The molecule has 1 saturated heterocycles. The molecule has 0 unspecified atom stereocenters. The Hall–Kier alpha value is -1.51. The summed E-state index contributed by atoms with van der Waals surface area (Å²) in [6.07, 6.45) is 2.38. The zero-order chi connectivity index (χ0) is 16.6. The van der Waals surface area contributed by atoms with E-state index in [1.807, 2.05) is 47.7 Å². The third kappa shape index (κ3) is 3.39. The molecule has 3 rings (SSSR count). The maximum Gasteiger partial charge on any atom is 0.203 e. The first-order valence-corrected chi connectivity index (χ1v) is 9.71. The van der Waals surface area contributed by atoms with Gasteiger partial charge in [-0.05, 0) is 44.2 Å². The SMILES string of the molecule is Cc1ccccc1-n1cnn(CN(C)[C@H]2CCS(=O)(=O)C2)c1=S. The number of hydrogen-bond donors (Lipinski definition) is 0. The fourth-order valence-corrected chi connectivity index (χ4v) is 4.94. The van der Waals surface area contributed by atoms with Crippen LogP contribution in [0.5, 0.6) is 0 Å². The lowest BCUT2D eigenvalue weighted by atomic mass is 10.2. The van der Waals surface area contributed by atoms with Crippen LogP contribution in [0.2, 0.25) is 0 Å². The molecule has 8 heteroatoms. The van der Waals surface area contributed by atoms with Crippen molar-refractivity contribution < 1.29 is 8.42 Å². The van der Waals surface area contributed by atoms with Gasteiger partial charge in [-0.1, -0.05) is 18.2 Å². The van der Waals surface area contributed by atoms with Gasteiger partial charge in [0.2, 0.25) is 4.77 Å². The summed E-state index contributed by atoms with van der Waals surface area (Å²) in [6.45, 7) is 2.52. The molecule has 0 amide bonds. The average Bonchev–Trinajstić information content (AvgIpc) is 3.03. The number of rotatable bonds is 4. The van der Waals surface area contributed by atoms with Gasteiger partial charge in [0.25, 0.3) is 0 Å². The van der Waals surface area contributed by atoms with Crippen LogP contribution in [0.4, 0.5) is 0 Å². The summed E-state index contributed by atoms with van der Waals surface area (Å²) in [5, 5.41) is 4.37. The highest BCUT2D eigenvalue weighted by Crippen LogP contribution is 2.18. The summed E-state index contributed by atoms with van der Waals surface area (Å²) in [6, 6.07) is 8.03. The molecule has 6 nitrogen and oxygen atoms in total. The molecule has 1 atom stereocenters. The van der Waals surface area contributed by atoms with Crippen molar-refractivity contribution in [2.24, 2.45) is 0 Å². The predicted octanol–water partition coefficient (Wildman–Crippen LogP) is 1.79. The van der Waals surface area contributed by atoms with E-state index >= 15 is 0 Å². The maximum absolute atomic E-state index is 11.6. The molecule has 0 radical (unpaired) electrons. The number of hydrogen-bond acceptors (Lipinski definition) is 5. The Kier molecular flexibility index (Phi) is 4.39. The Morgan fingerprint density at radius 1 is 1.39 bits per heavy atom. The first-order chi connectivity index (χ1) is 10.9. The molecule has 0 aliphatic carbocycles. The van der Waals surface area contributed by atoms with Crippen LogP contribution in [0.25, 0.3) is 5.69 Å². The minimum absolute atomic E-state index is 0.0329. The fourth-order valence-electron chi connectivity index (χ4n) is 2.88. The van der Waals surface area contributed by atoms with Crippen molar-refractivity contribution in [2.45, 2.75) is 26.1 Å². The molecule has 1 aromatic heterocycles. The highest BCUT2D eigenvalue weighted by molar-refractivity contribution is 7.91. The standard InChI is InChI=1S/C15H20N4O2S2/c1-12-5-3-4-6-14(12)18-10-16-19(15(18)22)11-17(2)13-7-8-23(20,21)9-13/h3-6,10,13H,7-9,11H2,1-2H3/t13-/m0/s1. The van der Waals surface area contributed by atoms with E-state index in [9.17, 15) is 8.42 Å². The van der Waals surface area contributed by atoms with Crippen molar-refractivity contribution in [2.75, 3.05) is 18.6 Å². The van der Waals surface area contributed by atoms with Crippen LogP contribution in [0, 0.1) is 11.7 Å². The highest BCUT2D eigenvalue weighted by Gasteiger charge is 2.30. The number of sulfone groups is 1. The number of nitrogens with zero attached hydrogens (tertiary/aromatic N) is 4. The summed E-state index contributed by atoms with van der Waals surface area (Å²) in [4.78, 5) is 2.01. The highest BCUT2D eigenvalue weighted by atomic mass is 32.2. The van der Waals surface area contributed by atoms with Gasteiger partial charge in [-0.2, -0.15) is 5.10 Å². The van der Waals surface area contributed by atoms with Gasteiger partial charge in [0.05, 0.1) is 23.9 Å². The van der Waals surface area contributed by atoms with Crippen LogP contribution in [0.3, 0.4) is 0 Å². The van der Waals surface area contributed by atoms with Gasteiger partial charge >= 0.3 is 0 Å². The lowest BCUT2D eigenvalue weighted by Gasteiger charge is -2.22. The molecule has 1 aliphatic rings. The van der Waals surface area contributed by atoms with Crippen LogP contribution < -0.4 is 0 Å². The van der Waals surface area contributed by atoms with Crippen molar-refractivity contribution in [3.8, 4) is 5.69 Å². The number of aromatic nitrogens is 3. The lowest BCUT2D eigenvalue weighted by molar-refractivity contribution is 0.196. The van der Waals surface area contributed by atoms with Crippen molar-refractivity contribution in [1.29, 1.82) is 0 Å². The second-order valence-corrected chi connectivity index (χ2v) is 8.62. The van der Waals surface area contributed by atoms with E-state index in [0.29, 0.717) is 17.9 Å². The first-order valence-electron chi connectivity index (χ1n) is 7.48. The second kappa shape index (κ2) is 6.18. The second-order valence-electron chi connectivity index (χ2n) is 6.02. The van der Waals surface area contributed by atoms with Crippen LogP contribution in [-0.4, -0.2) is 52.3 Å².